The first-order valence-electron chi connectivity index (χ1n) is 5.70. The Balaban J connectivity index is 2.07. The first kappa shape index (κ1) is 16.8. The van der Waals surface area contributed by atoms with Gasteiger partial charge in [-0.1, -0.05) is 39.5 Å². The summed E-state index contributed by atoms with van der Waals surface area (Å²) in [6, 6.07) is 3.00. The van der Waals surface area contributed by atoms with Crippen LogP contribution in [0.5, 0.6) is 0 Å². The largest absolute Gasteiger partial charge is 0.319 e. The number of aliphatic imine (C=N–C) groups is 1. The molecule has 0 spiro atoms. The molecule has 21 heavy (non-hydrogen) atoms. The Morgan fingerprint density at radius 2 is 2.29 bits per heavy atom. The van der Waals surface area contributed by atoms with Crippen molar-refractivity contribution in [1.82, 2.24) is 0 Å². The van der Waals surface area contributed by atoms with Crippen LogP contribution in [-0.2, 0) is 4.79 Å². The van der Waals surface area contributed by atoms with Gasteiger partial charge in [-0.15, -0.1) is 0 Å². The van der Waals surface area contributed by atoms with Gasteiger partial charge in [-0.05, 0) is 22.0 Å². The Kier molecular flexibility index (Phi) is 6.08. The minimum Gasteiger partial charge on any atom is -0.319 e. The van der Waals surface area contributed by atoms with Gasteiger partial charge >= 0.3 is 0 Å². The Morgan fingerprint density at radius 3 is 2.90 bits per heavy atom. The van der Waals surface area contributed by atoms with Gasteiger partial charge in [0.2, 0.25) is 5.91 Å². The summed E-state index contributed by atoms with van der Waals surface area (Å²) in [7, 11) is 0. The maximum atomic E-state index is 11.9. The van der Waals surface area contributed by atoms with Crippen LogP contribution in [0, 0.1) is 10.1 Å². The van der Waals surface area contributed by atoms with E-state index in [4.69, 9.17) is 0 Å². The van der Waals surface area contributed by atoms with Gasteiger partial charge in [0.25, 0.3) is 5.69 Å². The number of hydrogen-bond acceptors (Lipinski definition) is 6. The quantitative estimate of drug-likeness (QED) is 0.550. The smallest absolute Gasteiger partial charge is 0.295 e. The van der Waals surface area contributed by atoms with E-state index in [9.17, 15) is 14.9 Å². The Bertz CT molecular complexity index is 625. The molecule has 1 aliphatic heterocycles. The van der Waals surface area contributed by atoms with Crippen LogP contribution in [0.4, 0.5) is 11.4 Å². The molecule has 0 saturated carbocycles. The number of carbonyl (C=O) groups is 1. The molecule has 0 radical (unpaired) electrons. The molecule has 0 atom stereocenters. The Morgan fingerprint density at radius 1 is 1.52 bits per heavy atom. The minimum absolute atomic E-state index is 0.162. The van der Waals surface area contributed by atoms with Gasteiger partial charge in [0.15, 0.2) is 0 Å². The van der Waals surface area contributed by atoms with Gasteiger partial charge < -0.3 is 5.32 Å². The minimum atomic E-state index is -0.533. The second-order valence-electron chi connectivity index (χ2n) is 3.87. The summed E-state index contributed by atoms with van der Waals surface area (Å²) in [6.45, 7) is 0.776. The Labute approximate surface area is 145 Å². The van der Waals surface area contributed by atoms with Crippen molar-refractivity contribution in [2.24, 2.45) is 4.99 Å². The Hall–Kier alpha value is -0.580. The standard InChI is InChI=1S/C11H9Br2N3O3S2/c12-6-3-7(13)10(8(4-6)16(18)19)15-9(17)5-21-11-14-1-2-20-11/h3-4H,1-2,5H2,(H,15,17). The van der Waals surface area contributed by atoms with Crippen molar-refractivity contribution in [3.8, 4) is 0 Å². The van der Waals surface area contributed by atoms with E-state index in [1.54, 1.807) is 17.8 Å². The molecule has 1 aromatic rings. The van der Waals surface area contributed by atoms with E-state index in [-0.39, 0.29) is 23.0 Å². The summed E-state index contributed by atoms with van der Waals surface area (Å²) in [5, 5.41) is 13.6. The highest BCUT2D eigenvalue weighted by atomic mass is 79.9. The predicted molar refractivity (Wildman–Crippen MR) is 94.3 cm³/mol. The maximum absolute atomic E-state index is 11.9. The number of nitrogens with one attached hydrogen (secondary N) is 1. The molecule has 0 saturated heterocycles. The van der Waals surface area contributed by atoms with Gasteiger partial charge in [0.05, 0.1) is 17.2 Å². The zero-order valence-corrected chi connectivity index (χ0v) is 15.3. The van der Waals surface area contributed by atoms with Gasteiger partial charge in [-0.3, -0.25) is 19.9 Å². The number of halogens is 2. The SMILES string of the molecule is O=C(CSC1=NCCS1)Nc1c(Br)cc(Br)cc1[N+](=O)[O-]. The summed E-state index contributed by atoms with van der Waals surface area (Å²) >= 11 is 9.37. The number of anilines is 1. The molecule has 0 unspecified atom stereocenters. The highest BCUT2D eigenvalue weighted by molar-refractivity contribution is 9.11. The van der Waals surface area contributed by atoms with E-state index in [1.807, 2.05) is 0 Å². The second-order valence-corrected chi connectivity index (χ2v) is 7.95. The molecule has 10 heteroatoms. The third-order valence-electron chi connectivity index (χ3n) is 2.38. The molecule has 1 aliphatic rings. The van der Waals surface area contributed by atoms with Crippen molar-refractivity contribution in [1.29, 1.82) is 0 Å². The summed E-state index contributed by atoms with van der Waals surface area (Å²) in [5.74, 6) is 0.806. The van der Waals surface area contributed by atoms with Crippen molar-refractivity contribution in [3.63, 3.8) is 0 Å². The van der Waals surface area contributed by atoms with Gasteiger partial charge in [0.1, 0.15) is 10.1 Å². The normalized spacial score (nSPS) is 13.9. The monoisotopic (exact) mass is 453 g/mol. The van der Waals surface area contributed by atoms with E-state index in [1.165, 1.54) is 17.8 Å². The van der Waals surface area contributed by atoms with Crippen LogP contribution in [-0.4, -0.2) is 33.3 Å². The van der Waals surface area contributed by atoms with E-state index in [0.29, 0.717) is 8.95 Å². The van der Waals surface area contributed by atoms with E-state index in [0.717, 1.165) is 16.7 Å². The van der Waals surface area contributed by atoms with E-state index < -0.39 is 4.92 Å². The molecule has 0 aromatic heterocycles. The molecule has 2 rings (SSSR count). The zero-order chi connectivity index (χ0) is 15.4. The topological polar surface area (TPSA) is 84.6 Å². The second kappa shape index (κ2) is 7.61. The van der Waals surface area contributed by atoms with Crippen LogP contribution in [0.2, 0.25) is 0 Å². The van der Waals surface area contributed by atoms with Crippen LogP contribution in [0.25, 0.3) is 0 Å². The number of nitro benzene ring substituents is 1. The summed E-state index contributed by atoms with van der Waals surface area (Å²) in [4.78, 5) is 26.7. The number of rotatable bonds is 4. The van der Waals surface area contributed by atoms with Crippen molar-refractivity contribution in [2.45, 2.75) is 0 Å². The molecular formula is C11H9Br2N3O3S2. The van der Waals surface area contributed by atoms with Gasteiger partial charge in [-0.25, -0.2) is 0 Å². The average Bonchev–Trinajstić information content (AvgIpc) is 2.92. The highest BCUT2D eigenvalue weighted by Gasteiger charge is 2.20. The molecule has 0 fully saturated rings. The predicted octanol–water partition coefficient (Wildman–Crippen LogP) is 3.89. The number of nitro groups is 1. The van der Waals surface area contributed by atoms with Gasteiger partial charge in [0, 0.05) is 20.8 Å². The fourth-order valence-corrected chi connectivity index (χ4v) is 4.64. The molecule has 6 nitrogen and oxygen atoms in total. The zero-order valence-electron chi connectivity index (χ0n) is 10.5. The summed E-state index contributed by atoms with van der Waals surface area (Å²) in [5.41, 5.74) is -0.00278. The van der Waals surface area contributed by atoms with Crippen LogP contribution in [0.1, 0.15) is 0 Å². The highest BCUT2D eigenvalue weighted by Crippen LogP contribution is 2.36. The average molecular weight is 455 g/mol. The number of nitrogens with zero attached hydrogens (tertiary/aromatic N) is 2. The molecular weight excluding hydrogens is 446 g/mol. The first-order valence-corrected chi connectivity index (χ1v) is 9.26. The lowest BCUT2D eigenvalue weighted by Crippen LogP contribution is -2.16. The van der Waals surface area contributed by atoms with Gasteiger partial charge in [-0.2, -0.15) is 0 Å². The molecule has 1 N–H and O–H groups in total. The van der Waals surface area contributed by atoms with Crippen LogP contribution in [0.15, 0.2) is 26.1 Å². The molecule has 1 amide bonds. The molecule has 112 valence electrons. The van der Waals surface area contributed by atoms with Crippen LogP contribution < -0.4 is 5.32 Å². The lowest BCUT2D eigenvalue weighted by atomic mass is 10.2. The number of hydrogen-bond donors (Lipinski definition) is 1. The first-order chi connectivity index (χ1) is 9.97. The summed E-state index contributed by atoms with van der Waals surface area (Å²) in [6.07, 6.45) is 0. The third-order valence-corrected chi connectivity index (χ3v) is 5.72. The number of amides is 1. The fraction of sp³-hybridized carbons (Fsp3) is 0.273. The molecule has 1 heterocycles. The fourth-order valence-electron chi connectivity index (χ4n) is 1.53. The van der Waals surface area contributed by atoms with Crippen molar-refractivity contribution in [2.75, 3.05) is 23.4 Å². The number of thioether (sulfide) groups is 2. The van der Waals surface area contributed by atoms with E-state index in [2.05, 4.69) is 42.2 Å². The third kappa shape index (κ3) is 4.70. The van der Waals surface area contributed by atoms with Crippen molar-refractivity contribution in [3.05, 3.63) is 31.2 Å². The lowest BCUT2D eigenvalue weighted by Gasteiger charge is -2.08. The van der Waals surface area contributed by atoms with Crippen LogP contribution in [0.3, 0.4) is 0 Å². The molecule has 1 aromatic carbocycles. The van der Waals surface area contributed by atoms with Crippen LogP contribution >= 0.6 is 55.4 Å². The maximum Gasteiger partial charge on any atom is 0.295 e. The molecule has 0 bridgehead atoms. The van der Waals surface area contributed by atoms with E-state index >= 15 is 0 Å². The summed E-state index contributed by atoms with van der Waals surface area (Å²) < 4.78 is 1.90. The molecule has 0 aliphatic carbocycles. The van der Waals surface area contributed by atoms with Crippen molar-refractivity contribution < 1.29 is 9.72 Å². The number of carbonyl (C=O) groups excluding carboxylic acids is 1. The lowest BCUT2D eigenvalue weighted by molar-refractivity contribution is -0.384. The number of benzene rings is 1. The van der Waals surface area contributed by atoms with Crippen molar-refractivity contribution >= 4 is 77.0 Å².